The highest BCUT2D eigenvalue weighted by Gasteiger charge is 2.34. The molecule has 0 bridgehead atoms. The van der Waals surface area contributed by atoms with Crippen LogP contribution in [0.3, 0.4) is 0 Å². The largest absolute Gasteiger partial charge is 0.493 e. The van der Waals surface area contributed by atoms with Crippen molar-refractivity contribution < 1.29 is 27.4 Å². The maximum Gasteiger partial charge on any atom is 0.417 e. The number of anilines is 1. The molecule has 7 heteroatoms. The molecule has 2 rings (SSSR count). The number of nitrogens with one attached hydrogen (secondary N) is 1. The lowest BCUT2D eigenvalue weighted by molar-refractivity contribution is -0.137. The molecular weight excluding hydrogens is 323 g/mol. The molecule has 0 saturated carbocycles. The van der Waals surface area contributed by atoms with Crippen LogP contribution in [0.15, 0.2) is 36.4 Å². The van der Waals surface area contributed by atoms with Gasteiger partial charge in [-0.25, -0.2) is 0 Å². The van der Waals surface area contributed by atoms with Gasteiger partial charge in [-0.15, -0.1) is 0 Å². The van der Waals surface area contributed by atoms with Gasteiger partial charge in [0, 0.05) is 11.8 Å². The monoisotopic (exact) mass is 339 g/mol. The van der Waals surface area contributed by atoms with E-state index in [4.69, 9.17) is 9.47 Å². The van der Waals surface area contributed by atoms with Crippen molar-refractivity contribution in [3.63, 3.8) is 0 Å². The molecule has 0 aromatic heterocycles. The van der Waals surface area contributed by atoms with Crippen LogP contribution < -0.4 is 14.8 Å². The topological polar surface area (TPSA) is 47.6 Å². The minimum absolute atomic E-state index is 0.342. The standard InChI is InChI=1S/C17H16F3NO3/c1-10-8-14(23-2)15(24-3)9-13(10)21-16(22)11-6-4-5-7-12(11)17(18,19)20/h4-9H,1-3H3,(H,21,22). The van der Waals surface area contributed by atoms with E-state index in [0.29, 0.717) is 22.7 Å². The smallest absolute Gasteiger partial charge is 0.417 e. The summed E-state index contributed by atoms with van der Waals surface area (Å²) in [6, 6.07) is 7.75. The molecule has 4 nitrogen and oxygen atoms in total. The number of alkyl halides is 3. The molecule has 0 unspecified atom stereocenters. The molecule has 0 fully saturated rings. The number of benzene rings is 2. The Bertz CT molecular complexity index is 757. The third kappa shape index (κ3) is 3.61. The summed E-state index contributed by atoms with van der Waals surface area (Å²) in [6.07, 6.45) is -4.61. The van der Waals surface area contributed by atoms with E-state index in [1.807, 2.05) is 0 Å². The van der Waals surface area contributed by atoms with Crippen molar-refractivity contribution in [1.29, 1.82) is 0 Å². The number of ether oxygens (including phenoxy) is 2. The number of carbonyl (C=O) groups excluding carboxylic acids is 1. The Morgan fingerprint density at radius 3 is 2.21 bits per heavy atom. The fourth-order valence-electron chi connectivity index (χ4n) is 2.23. The van der Waals surface area contributed by atoms with Crippen molar-refractivity contribution in [3.8, 4) is 11.5 Å². The van der Waals surface area contributed by atoms with E-state index in [-0.39, 0.29) is 0 Å². The number of hydrogen-bond acceptors (Lipinski definition) is 3. The van der Waals surface area contributed by atoms with E-state index >= 15 is 0 Å². The van der Waals surface area contributed by atoms with E-state index in [1.165, 1.54) is 32.4 Å². The van der Waals surface area contributed by atoms with Crippen LogP contribution in [0.4, 0.5) is 18.9 Å². The van der Waals surface area contributed by atoms with Crippen molar-refractivity contribution in [2.75, 3.05) is 19.5 Å². The lowest BCUT2D eigenvalue weighted by Crippen LogP contribution is -2.19. The third-order valence-electron chi connectivity index (χ3n) is 3.46. The highest BCUT2D eigenvalue weighted by Crippen LogP contribution is 2.35. The second-order valence-corrected chi connectivity index (χ2v) is 5.02. The summed E-state index contributed by atoms with van der Waals surface area (Å²) in [5.74, 6) is -0.0237. The molecule has 128 valence electrons. The van der Waals surface area contributed by atoms with Crippen LogP contribution >= 0.6 is 0 Å². The van der Waals surface area contributed by atoms with Crippen LogP contribution in [0.1, 0.15) is 21.5 Å². The summed E-state index contributed by atoms with van der Waals surface area (Å²) in [4.78, 5) is 12.3. The first-order valence-electron chi connectivity index (χ1n) is 6.98. The lowest BCUT2D eigenvalue weighted by Gasteiger charge is -2.15. The van der Waals surface area contributed by atoms with E-state index < -0.39 is 23.2 Å². The molecular formula is C17H16F3NO3. The SMILES string of the molecule is COc1cc(C)c(NC(=O)c2ccccc2C(F)(F)F)cc1OC. The predicted molar refractivity (Wildman–Crippen MR) is 83.7 cm³/mol. The molecule has 0 radical (unpaired) electrons. The van der Waals surface area contributed by atoms with Gasteiger partial charge in [-0.05, 0) is 30.7 Å². The number of methoxy groups -OCH3 is 2. The fourth-order valence-corrected chi connectivity index (χ4v) is 2.23. The zero-order valence-electron chi connectivity index (χ0n) is 13.3. The number of rotatable bonds is 4. The van der Waals surface area contributed by atoms with Crippen LogP contribution in [0, 0.1) is 6.92 Å². The van der Waals surface area contributed by atoms with Gasteiger partial charge >= 0.3 is 6.18 Å². The number of aryl methyl sites for hydroxylation is 1. The van der Waals surface area contributed by atoms with Crippen molar-refractivity contribution in [2.45, 2.75) is 13.1 Å². The van der Waals surface area contributed by atoms with Gasteiger partial charge in [-0.3, -0.25) is 4.79 Å². The average molecular weight is 339 g/mol. The summed E-state index contributed by atoms with van der Waals surface area (Å²) in [5.41, 5.74) is -0.458. The van der Waals surface area contributed by atoms with Crippen LogP contribution in [-0.2, 0) is 6.18 Å². The van der Waals surface area contributed by atoms with Gasteiger partial charge in [0.1, 0.15) is 0 Å². The lowest BCUT2D eigenvalue weighted by atomic mass is 10.1. The molecule has 24 heavy (non-hydrogen) atoms. The van der Waals surface area contributed by atoms with Crippen LogP contribution in [0.25, 0.3) is 0 Å². The number of amides is 1. The quantitative estimate of drug-likeness (QED) is 0.904. The van der Waals surface area contributed by atoms with Gasteiger partial charge in [-0.1, -0.05) is 12.1 Å². The minimum Gasteiger partial charge on any atom is -0.493 e. The molecule has 0 atom stereocenters. The summed E-state index contributed by atoms with van der Waals surface area (Å²) < 4.78 is 49.4. The Labute approximate surface area is 137 Å². The summed E-state index contributed by atoms with van der Waals surface area (Å²) in [6.45, 7) is 1.70. The second kappa shape index (κ2) is 6.82. The first-order valence-corrected chi connectivity index (χ1v) is 6.98. The summed E-state index contributed by atoms with van der Waals surface area (Å²) in [7, 11) is 2.90. The predicted octanol–water partition coefficient (Wildman–Crippen LogP) is 4.28. The van der Waals surface area contributed by atoms with Crippen LogP contribution in [0.5, 0.6) is 11.5 Å². The molecule has 2 aromatic carbocycles. The Morgan fingerprint density at radius 1 is 1.04 bits per heavy atom. The Morgan fingerprint density at radius 2 is 1.62 bits per heavy atom. The third-order valence-corrected chi connectivity index (χ3v) is 3.46. The van der Waals surface area contributed by atoms with Gasteiger partial charge in [0.05, 0.1) is 25.3 Å². The van der Waals surface area contributed by atoms with E-state index in [0.717, 1.165) is 12.1 Å². The highest BCUT2D eigenvalue weighted by molar-refractivity contribution is 6.06. The zero-order chi connectivity index (χ0) is 17.9. The summed E-state index contributed by atoms with van der Waals surface area (Å²) in [5, 5.41) is 2.49. The maximum absolute atomic E-state index is 13.0. The Balaban J connectivity index is 2.38. The Kier molecular flexibility index (Phi) is 5.02. The molecule has 0 heterocycles. The van der Waals surface area contributed by atoms with Gasteiger partial charge in [-0.2, -0.15) is 13.2 Å². The molecule has 0 aliphatic rings. The van der Waals surface area contributed by atoms with E-state index in [2.05, 4.69) is 5.32 Å². The molecule has 2 aromatic rings. The maximum atomic E-state index is 13.0. The number of hydrogen-bond donors (Lipinski definition) is 1. The Hall–Kier alpha value is -2.70. The van der Waals surface area contributed by atoms with E-state index in [9.17, 15) is 18.0 Å². The molecule has 0 saturated heterocycles. The minimum atomic E-state index is -4.61. The molecule has 1 N–H and O–H groups in total. The first-order chi connectivity index (χ1) is 11.3. The van der Waals surface area contributed by atoms with Crippen LogP contribution in [0.2, 0.25) is 0 Å². The summed E-state index contributed by atoms with van der Waals surface area (Å²) >= 11 is 0. The highest BCUT2D eigenvalue weighted by atomic mass is 19.4. The number of halogens is 3. The van der Waals surface area contributed by atoms with Gasteiger partial charge in [0.2, 0.25) is 0 Å². The molecule has 0 aliphatic carbocycles. The normalized spacial score (nSPS) is 11.1. The average Bonchev–Trinajstić information content (AvgIpc) is 2.55. The van der Waals surface area contributed by atoms with Crippen LogP contribution in [-0.4, -0.2) is 20.1 Å². The van der Waals surface area contributed by atoms with Crippen molar-refractivity contribution in [1.82, 2.24) is 0 Å². The van der Waals surface area contributed by atoms with Crippen molar-refractivity contribution in [3.05, 3.63) is 53.1 Å². The van der Waals surface area contributed by atoms with Gasteiger partial charge in [0.25, 0.3) is 5.91 Å². The molecule has 1 amide bonds. The van der Waals surface area contributed by atoms with Crippen molar-refractivity contribution in [2.24, 2.45) is 0 Å². The van der Waals surface area contributed by atoms with Gasteiger partial charge < -0.3 is 14.8 Å². The van der Waals surface area contributed by atoms with E-state index in [1.54, 1.807) is 13.0 Å². The first kappa shape index (κ1) is 17.7. The number of carbonyl (C=O) groups is 1. The van der Waals surface area contributed by atoms with Gasteiger partial charge in [0.15, 0.2) is 11.5 Å². The zero-order valence-corrected chi connectivity index (χ0v) is 13.3. The molecule has 0 aliphatic heterocycles. The van der Waals surface area contributed by atoms with Crippen molar-refractivity contribution >= 4 is 11.6 Å². The fraction of sp³-hybridized carbons (Fsp3) is 0.235. The molecule has 0 spiro atoms. The second-order valence-electron chi connectivity index (χ2n) is 5.02.